The van der Waals surface area contributed by atoms with Gasteiger partial charge in [-0.15, -0.1) is 13.2 Å². The average molecular weight is 440 g/mol. The Balaban J connectivity index is 1.69. The zero-order valence-electron chi connectivity index (χ0n) is 15.1. The lowest BCUT2D eigenvalue weighted by Crippen LogP contribution is -2.18. The predicted octanol–water partition coefficient (Wildman–Crippen LogP) is 4.85. The number of aromatic nitrogens is 5. The molecular weight excluding hydrogens is 430 g/mol. The first-order chi connectivity index (χ1) is 14.6. The summed E-state index contributed by atoms with van der Waals surface area (Å²) in [7, 11) is 0. The molecule has 0 aliphatic carbocycles. The Bertz CT molecular complexity index is 1240. The van der Waals surface area contributed by atoms with E-state index in [0.717, 1.165) is 6.07 Å². The monoisotopic (exact) mass is 440 g/mol. The van der Waals surface area contributed by atoms with E-state index in [9.17, 15) is 26.3 Å². The summed E-state index contributed by atoms with van der Waals surface area (Å²) < 4.78 is 81.8. The van der Waals surface area contributed by atoms with E-state index in [4.69, 9.17) is 0 Å². The van der Waals surface area contributed by atoms with E-state index in [2.05, 4.69) is 30.2 Å². The van der Waals surface area contributed by atoms with E-state index in [0.29, 0.717) is 22.8 Å². The number of nitrogens with zero attached hydrogens (tertiary/aromatic N) is 5. The smallest absolute Gasteiger partial charge is 0.406 e. The lowest BCUT2D eigenvalue weighted by atomic mass is 10.1. The van der Waals surface area contributed by atoms with Gasteiger partial charge < -0.3 is 10.1 Å². The first kappa shape index (κ1) is 20.4. The Hall–Kier alpha value is -3.90. The summed E-state index contributed by atoms with van der Waals surface area (Å²) in [5.41, 5.74) is -0.107. The molecule has 0 unspecified atom stereocenters. The molecule has 1 N–H and O–H groups in total. The largest absolute Gasteiger partial charge is 0.573 e. The molecule has 0 saturated carbocycles. The first-order valence-corrected chi connectivity index (χ1v) is 8.46. The molecule has 0 fully saturated rings. The third-order valence-electron chi connectivity index (χ3n) is 3.96. The van der Waals surface area contributed by atoms with Crippen molar-refractivity contribution in [1.82, 2.24) is 24.8 Å². The van der Waals surface area contributed by atoms with Gasteiger partial charge in [0.05, 0.1) is 23.0 Å². The van der Waals surface area contributed by atoms with E-state index in [1.807, 2.05) is 0 Å². The molecule has 0 radical (unpaired) electrons. The summed E-state index contributed by atoms with van der Waals surface area (Å²) >= 11 is 0. The number of rotatable bonds is 4. The Kier molecular flexibility index (Phi) is 4.87. The maximum atomic E-state index is 13.1. The van der Waals surface area contributed by atoms with Crippen molar-refractivity contribution in [3.8, 4) is 17.0 Å². The molecule has 0 spiro atoms. The van der Waals surface area contributed by atoms with Crippen LogP contribution in [-0.4, -0.2) is 31.2 Å². The summed E-state index contributed by atoms with van der Waals surface area (Å²) in [6, 6.07) is 6.60. The van der Waals surface area contributed by atoms with Crippen molar-refractivity contribution in [2.45, 2.75) is 12.5 Å². The maximum Gasteiger partial charge on any atom is 0.573 e. The standard InChI is InChI=1S/C18H10F6N6O/c19-17(20,21)10-6-11(8-12(7-10)31-18(22,23)24)28-16-25-5-3-14(29-16)13-9-27-30-15(13)2-1-4-26-30/h1-9H,(H,25,28,29). The summed E-state index contributed by atoms with van der Waals surface area (Å²) in [6.07, 6.45) is -5.69. The molecule has 0 amide bonds. The summed E-state index contributed by atoms with van der Waals surface area (Å²) in [5, 5.41) is 10.6. The SMILES string of the molecule is FC(F)(F)Oc1cc(Nc2nccc(-c3cnn4ncccc34)n2)cc(C(F)(F)F)c1. The number of benzene rings is 1. The Morgan fingerprint density at radius 3 is 2.48 bits per heavy atom. The quantitative estimate of drug-likeness (QED) is 0.458. The van der Waals surface area contributed by atoms with Gasteiger partial charge in [-0.3, -0.25) is 0 Å². The fourth-order valence-electron chi connectivity index (χ4n) is 2.76. The van der Waals surface area contributed by atoms with Gasteiger partial charge in [-0.05, 0) is 30.3 Å². The van der Waals surface area contributed by atoms with Crippen LogP contribution in [0.15, 0.2) is 55.0 Å². The molecule has 3 aromatic heterocycles. The first-order valence-electron chi connectivity index (χ1n) is 8.46. The van der Waals surface area contributed by atoms with Crippen molar-refractivity contribution in [3.63, 3.8) is 0 Å². The highest BCUT2D eigenvalue weighted by molar-refractivity contribution is 5.77. The van der Waals surface area contributed by atoms with Crippen LogP contribution in [0.25, 0.3) is 16.8 Å². The van der Waals surface area contributed by atoms with Gasteiger partial charge in [0.1, 0.15) is 5.75 Å². The van der Waals surface area contributed by atoms with Crippen LogP contribution in [0.4, 0.5) is 38.0 Å². The topological polar surface area (TPSA) is 77.2 Å². The molecule has 4 rings (SSSR count). The van der Waals surface area contributed by atoms with Crippen LogP contribution >= 0.6 is 0 Å². The second-order valence-corrected chi connectivity index (χ2v) is 6.14. The molecule has 160 valence electrons. The fraction of sp³-hybridized carbons (Fsp3) is 0.111. The number of alkyl halides is 6. The van der Waals surface area contributed by atoms with Gasteiger partial charge in [0.2, 0.25) is 5.95 Å². The predicted molar refractivity (Wildman–Crippen MR) is 95.4 cm³/mol. The lowest BCUT2D eigenvalue weighted by molar-refractivity contribution is -0.274. The van der Waals surface area contributed by atoms with Crippen LogP contribution in [0.3, 0.4) is 0 Å². The van der Waals surface area contributed by atoms with Crippen molar-refractivity contribution < 1.29 is 31.1 Å². The fourth-order valence-corrected chi connectivity index (χ4v) is 2.76. The zero-order chi connectivity index (χ0) is 22.2. The Morgan fingerprint density at radius 2 is 1.74 bits per heavy atom. The number of hydrogen-bond acceptors (Lipinski definition) is 6. The van der Waals surface area contributed by atoms with Gasteiger partial charge in [0.25, 0.3) is 0 Å². The van der Waals surface area contributed by atoms with Crippen LogP contribution in [0.2, 0.25) is 0 Å². The average Bonchev–Trinajstić information content (AvgIpc) is 3.10. The second kappa shape index (κ2) is 7.41. The van der Waals surface area contributed by atoms with Gasteiger partial charge in [-0.2, -0.15) is 28.0 Å². The summed E-state index contributed by atoms with van der Waals surface area (Å²) in [6.45, 7) is 0. The highest BCUT2D eigenvalue weighted by Crippen LogP contribution is 2.36. The van der Waals surface area contributed by atoms with Gasteiger partial charge in [0.15, 0.2) is 0 Å². The van der Waals surface area contributed by atoms with Gasteiger partial charge >= 0.3 is 12.5 Å². The molecule has 0 bridgehead atoms. The minimum atomic E-state index is -5.16. The lowest BCUT2D eigenvalue weighted by Gasteiger charge is -2.15. The molecular formula is C18H10F6N6O. The highest BCUT2D eigenvalue weighted by atomic mass is 19.4. The third kappa shape index (κ3) is 4.65. The van der Waals surface area contributed by atoms with Crippen LogP contribution in [-0.2, 0) is 6.18 Å². The molecule has 1 aromatic carbocycles. The van der Waals surface area contributed by atoms with E-state index < -0.39 is 23.9 Å². The highest BCUT2D eigenvalue weighted by Gasteiger charge is 2.35. The van der Waals surface area contributed by atoms with E-state index in [-0.39, 0.29) is 17.7 Å². The number of nitrogens with one attached hydrogen (secondary N) is 1. The van der Waals surface area contributed by atoms with Gasteiger partial charge in [0, 0.05) is 29.7 Å². The summed E-state index contributed by atoms with van der Waals surface area (Å²) in [5.74, 6) is -1.17. The molecule has 4 aromatic rings. The molecule has 3 heterocycles. The van der Waals surface area contributed by atoms with E-state index in [1.54, 1.807) is 18.2 Å². The minimum absolute atomic E-state index is 0.141. The van der Waals surface area contributed by atoms with Crippen LogP contribution in [0.1, 0.15) is 5.56 Å². The normalized spacial score (nSPS) is 12.2. The summed E-state index contributed by atoms with van der Waals surface area (Å²) in [4.78, 5) is 8.12. The molecule has 0 atom stereocenters. The van der Waals surface area contributed by atoms with E-state index >= 15 is 0 Å². The van der Waals surface area contributed by atoms with Crippen molar-refractivity contribution in [1.29, 1.82) is 0 Å². The van der Waals surface area contributed by atoms with Crippen LogP contribution in [0, 0.1) is 0 Å². The molecule has 13 heteroatoms. The molecule has 31 heavy (non-hydrogen) atoms. The number of halogens is 6. The number of hydrogen-bond donors (Lipinski definition) is 1. The van der Waals surface area contributed by atoms with Crippen molar-refractivity contribution in [2.75, 3.05) is 5.32 Å². The number of ether oxygens (including phenoxy) is 1. The number of anilines is 2. The third-order valence-corrected chi connectivity index (χ3v) is 3.96. The minimum Gasteiger partial charge on any atom is -0.406 e. The second-order valence-electron chi connectivity index (χ2n) is 6.14. The zero-order valence-corrected chi connectivity index (χ0v) is 15.1. The van der Waals surface area contributed by atoms with Crippen molar-refractivity contribution in [3.05, 3.63) is 60.6 Å². The van der Waals surface area contributed by atoms with Crippen LogP contribution in [0.5, 0.6) is 5.75 Å². The van der Waals surface area contributed by atoms with Crippen LogP contribution < -0.4 is 10.1 Å². The number of fused-ring (bicyclic) bond motifs is 1. The van der Waals surface area contributed by atoms with Crippen molar-refractivity contribution in [2.24, 2.45) is 0 Å². The Labute approximate surface area is 169 Å². The molecule has 0 aliphatic heterocycles. The molecule has 7 nitrogen and oxygen atoms in total. The molecule has 0 saturated heterocycles. The van der Waals surface area contributed by atoms with Gasteiger partial charge in [-0.25, -0.2) is 9.97 Å². The molecule has 0 aliphatic rings. The van der Waals surface area contributed by atoms with E-state index in [1.165, 1.54) is 23.2 Å². The van der Waals surface area contributed by atoms with Crippen molar-refractivity contribution >= 4 is 17.2 Å². The maximum absolute atomic E-state index is 13.1. The Morgan fingerprint density at radius 1 is 0.935 bits per heavy atom. The van der Waals surface area contributed by atoms with Gasteiger partial charge in [-0.1, -0.05) is 0 Å².